The van der Waals surface area contributed by atoms with Gasteiger partial charge in [0.05, 0.1) is 0 Å². The molecule has 0 fully saturated rings. The van der Waals surface area contributed by atoms with Gasteiger partial charge >= 0.3 is 6.03 Å². The monoisotopic (exact) mass is 321 g/mol. The molecule has 0 unspecified atom stereocenters. The first kappa shape index (κ1) is 19.0. The SMILES string of the molecule is CN(C)c1ccc(CNC(=O)NCCCCCC(=O)CO)cc1. The van der Waals surface area contributed by atoms with E-state index >= 15 is 0 Å². The van der Waals surface area contributed by atoms with E-state index < -0.39 is 0 Å². The van der Waals surface area contributed by atoms with Crippen LogP contribution in [0.25, 0.3) is 0 Å². The van der Waals surface area contributed by atoms with E-state index in [0.717, 1.165) is 30.5 Å². The third kappa shape index (κ3) is 8.21. The summed E-state index contributed by atoms with van der Waals surface area (Å²) in [5, 5.41) is 14.2. The molecule has 1 aromatic rings. The third-order valence-electron chi connectivity index (χ3n) is 3.50. The summed E-state index contributed by atoms with van der Waals surface area (Å²) in [7, 11) is 3.97. The van der Waals surface area contributed by atoms with Gasteiger partial charge in [-0.15, -0.1) is 0 Å². The first-order valence-electron chi connectivity index (χ1n) is 7.93. The highest BCUT2D eigenvalue weighted by molar-refractivity contribution is 5.79. The fourth-order valence-corrected chi connectivity index (χ4v) is 2.06. The molecule has 0 heterocycles. The van der Waals surface area contributed by atoms with Crippen LogP contribution in [0.1, 0.15) is 31.2 Å². The molecule has 0 saturated carbocycles. The van der Waals surface area contributed by atoms with Gasteiger partial charge in [0.2, 0.25) is 0 Å². The third-order valence-corrected chi connectivity index (χ3v) is 3.50. The molecule has 1 rings (SSSR count). The van der Waals surface area contributed by atoms with Crippen molar-refractivity contribution in [1.29, 1.82) is 0 Å². The molecule has 128 valence electrons. The Balaban J connectivity index is 2.11. The smallest absolute Gasteiger partial charge is 0.315 e. The second-order valence-electron chi connectivity index (χ2n) is 5.68. The van der Waals surface area contributed by atoms with Crippen molar-refractivity contribution in [2.24, 2.45) is 0 Å². The summed E-state index contributed by atoms with van der Waals surface area (Å²) in [6.07, 6.45) is 2.84. The molecule has 0 aliphatic heterocycles. The second kappa shape index (κ2) is 10.6. The average molecular weight is 321 g/mol. The molecule has 0 aliphatic rings. The van der Waals surface area contributed by atoms with Crippen molar-refractivity contribution in [3.8, 4) is 0 Å². The molecule has 6 heteroatoms. The number of carbonyl (C=O) groups is 2. The number of rotatable bonds is 10. The molecule has 0 bridgehead atoms. The van der Waals surface area contributed by atoms with Gasteiger partial charge < -0.3 is 20.6 Å². The first-order chi connectivity index (χ1) is 11.0. The molecule has 0 aliphatic carbocycles. The number of ketones is 1. The van der Waals surface area contributed by atoms with Crippen LogP contribution >= 0.6 is 0 Å². The van der Waals surface area contributed by atoms with E-state index in [4.69, 9.17) is 5.11 Å². The van der Waals surface area contributed by atoms with Gasteiger partial charge in [0.15, 0.2) is 5.78 Å². The lowest BCUT2D eigenvalue weighted by Gasteiger charge is -2.13. The Labute approximate surface area is 137 Å². The molecule has 0 atom stereocenters. The fourth-order valence-electron chi connectivity index (χ4n) is 2.06. The minimum atomic E-state index is -0.379. The van der Waals surface area contributed by atoms with Gasteiger partial charge in [-0.2, -0.15) is 0 Å². The van der Waals surface area contributed by atoms with Crippen molar-refractivity contribution in [2.75, 3.05) is 32.1 Å². The maximum atomic E-state index is 11.7. The molecule has 1 aromatic carbocycles. The van der Waals surface area contributed by atoms with Gasteiger partial charge in [-0.25, -0.2) is 4.79 Å². The highest BCUT2D eigenvalue weighted by Gasteiger charge is 2.02. The zero-order chi connectivity index (χ0) is 17.1. The number of nitrogens with zero attached hydrogens (tertiary/aromatic N) is 1. The van der Waals surface area contributed by atoms with Crippen LogP contribution in [-0.2, 0) is 11.3 Å². The van der Waals surface area contributed by atoms with Gasteiger partial charge in [-0.1, -0.05) is 18.6 Å². The number of urea groups is 1. The molecule has 6 nitrogen and oxygen atoms in total. The summed E-state index contributed by atoms with van der Waals surface area (Å²) < 4.78 is 0. The largest absolute Gasteiger partial charge is 0.389 e. The molecule has 2 amide bonds. The summed E-state index contributed by atoms with van der Waals surface area (Å²) in [6, 6.07) is 7.83. The van der Waals surface area contributed by atoms with Crippen LogP contribution in [0.2, 0.25) is 0 Å². The van der Waals surface area contributed by atoms with Crippen molar-refractivity contribution >= 4 is 17.5 Å². The average Bonchev–Trinajstić information content (AvgIpc) is 2.56. The Morgan fingerprint density at radius 1 is 1.04 bits per heavy atom. The first-order valence-corrected chi connectivity index (χ1v) is 7.93. The molecular formula is C17H27N3O3. The quantitative estimate of drug-likeness (QED) is 0.573. The van der Waals surface area contributed by atoms with Crippen molar-refractivity contribution < 1.29 is 14.7 Å². The zero-order valence-corrected chi connectivity index (χ0v) is 14.0. The highest BCUT2D eigenvalue weighted by atomic mass is 16.3. The number of benzene rings is 1. The number of amides is 2. The molecule has 0 spiro atoms. The van der Waals surface area contributed by atoms with Gasteiger partial charge in [-0.05, 0) is 30.5 Å². The van der Waals surface area contributed by atoms with E-state index in [1.54, 1.807) is 0 Å². The maximum absolute atomic E-state index is 11.7. The Hall–Kier alpha value is -2.08. The van der Waals surface area contributed by atoms with Crippen LogP contribution in [-0.4, -0.2) is 44.2 Å². The van der Waals surface area contributed by atoms with Crippen LogP contribution in [0.5, 0.6) is 0 Å². The van der Waals surface area contributed by atoms with Crippen LogP contribution in [0, 0.1) is 0 Å². The van der Waals surface area contributed by atoms with Gasteiger partial charge in [0.1, 0.15) is 6.61 Å². The summed E-state index contributed by atoms with van der Waals surface area (Å²) >= 11 is 0. The predicted octanol–water partition coefficient (Wildman–Crippen LogP) is 1.67. The predicted molar refractivity (Wildman–Crippen MR) is 91.6 cm³/mol. The van der Waals surface area contributed by atoms with E-state index in [2.05, 4.69) is 10.6 Å². The van der Waals surface area contributed by atoms with Gasteiger partial charge in [0.25, 0.3) is 0 Å². The Bertz CT molecular complexity index is 486. The zero-order valence-electron chi connectivity index (χ0n) is 14.0. The lowest BCUT2D eigenvalue weighted by Crippen LogP contribution is -2.35. The molecule has 3 N–H and O–H groups in total. The normalized spacial score (nSPS) is 10.2. The number of unbranched alkanes of at least 4 members (excludes halogenated alkanes) is 2. The molecule has 0 radical (unpaired) electrons. The lowest BCUT2D eigenvalue weighted by molar-refractivity contribution is -0.121. The number of Topliss-reactive ketones (excluding diaryl/α,β-unsaturated/α-hetero) is 1. The van der Waals surface area contributed by atoms with E-state index in [1.807, 2.05) is 43.3 Å². The Morgan fingerprint density at radius 3 is 2.35 bits per heavy atom. The number of nitrogens with one attached hydrogen (secondary N) is 2. The number of hydrogen-bond acceptors (Lipinski definition) is 4. The van der Waals surface area contributed by atoms with E-state index in [0.29, 0.717) is 19.5 Å². The lowest BCUT2D eigenvalue weighted by atomic mass is 10.1. The summed E-state index contributed by atoms with van der Waals surface area (Å²) in [5.74, 6) is -0.129. The maximum Gasteiger partial charge on any atom is 0.315 e. The number of anilines is 1. The number of hydrogen-bond donors (Lipinski definition) is 3. The number of carbonyl (C=O) groups excluding carboxylic acids is 2. The minimum Gasteiger partial charge on any atom is -0.389 e. The van der Waals surface area contributed by atoms with Crippen LogP contribution in [0.4, 0.5) is 10.5 Å². The topological polar surface area (TPSA) is 81.7 Å². The van der Waals surface area contributed by atoms with Crippen LogP contribution < -0.4 is 15.5 Å². The van der Waals surface area contributed by atoms with Crippen molar-refractivity contribution in [3.63, 3.8) is 0 Å². The molecule has 0 saturated heterocycles. The Morgan fingerprint density at radius 2 is 1.74 bits per heavy atom. The standard InChI is InChI=1S/C17H27N3O3/c1-20(2)15-9-7-14(8-10-15)12-19-17(23)18-11-5-3-4-6-16(22)13-21/h7-10,21H,3-6,11-13H2,1-2H3,(H2,18,19,23). The molecule has 23 heavy (non-hydrogen) atoms. The summed E-state index contributed by atoms with van der Waals surface area (Å²) in [4.78, 5) is 24.6. The Kier molecular flexibility index (Phi) is 8.75. The summed E-state index contributed by atoms with van der Waals surface area (Å²) in [5.41, 5.74) is 2.17. The molecular weight excluding hydrogens is 294 g/mol. The molecule has 0 aromatic heterocycles. The van der Waals surface area contributed by atoms with Crippen molar-refractivity contribution in [2.45, 2.75) is 32.2 Å². The number of aliphatic hydroxyl groups excluding tert-OH is 1. The van der Waals surface area contributed by atoms with Crippen molar-refractivity contribution in [1.82, 2.24) is 10.6 Å². The highest BCUT2D eigenvalue weighted by Crippen LogP contribution is 2.11. The summed E-state index contributed by atoms with van der Waals surface area (Å²) in [6.45, 7) is 0.694. The fraction of sp³-hybridized carbons (Fsp3) is 0.529. The minimum absolute atomic E-state index is 0.129. The van der Waals surface area contributed by atoms with E-state index in [-0.39, 0.29) is 18.4 Å². The van der Waals surface area contributed by atoms with E-state index in [9.17, 15) is 9.59 Å². The van der Waals surface area contributed by atoms with Crippen LogP contribution in [0.15, 0.2) is 24.3 Å². The van der Waals surface area contributed by atoms with E-state index in [1.165, 1.54) is 0 Å². The second-order valence-corrected chi connectivity index (χ2v) is 5.68. The number of aliphatic hydroxyl groups is 1. The van der Waals surface area contributed by atoms with Crippen LogP contribution in [0.3, 0.4) is 0 Å². The van der Waals surface area contributed by atoms with Gasteiger partial charge in [0, 0.05) is 39.3 Å². The van der Waals surface area contributed by atoms with Crippen molar-refractivity contribution in [3.05, 3.63) is 29.8 Å². The van der Waals surface area contributed by atoms with Gasteiger partial charge in [-0.3, -0.25) is 4.79 Å².